The second kappa shape index (κ2) is 5.69. The Balaban J connectivity index is 2.36. The monoisotopic (exact) mass is 274 g/mol. The highest BCUT2D eigenvalue weighted by atomic mass is 19.1. The van der Waals surface area contributed by atoms with E-state index in [9.17, 15) is 9.18 Å². The lowest BCUT2D eigenvalue weighted by atomic mass is 10.0. The number of ether oxygens (including phenoxy) is 1. The number of rotatable bonds is 3. The molecule has 0 fully saturated rings. The highest BCUT2D eigenvalue weighted by Crippen LogP contribution is 2.19. The van der Waals surface area contributed by atoms with Crippen molar-refractivity contribution in [2.75, 3.05) is 12.8 Å². The van der Waals surface area contributed by atoms with Crippen LogP contribution in [0.4, 0.5) is 10.2 Å². The number of esters is 1. The number of carbonyl (C=O) groups excluding carboxylic acids is 1. The van der Waals surface area contributed by atoms with Crippen LogP contribution in [0, 0.1) is 12.7 Å². The van der Waals surface area contributed by atoms with Gasteiger partial charge in [0, 0.05) is 6.42 Å². The van der Waals surface area contributed by atoms with Crippen molar-refractivity contribution in [2.24, 2.45) is 0 Å². The van der Waals surface area contributed by atoms with E-state index in [1.807, 2.05) is 0 Å². The lowest BCUT2D eigenvalue weighted by Gasteiger charge is -2.10. The van der Waals surface area contributed by atoms with Gasteiger partial charge in [-0.3, -0.25) is 0 Å². The van der Waals surface area contributed by atoms with Gasteiger partial charge in [0.1, 0.15) is 11.6 Å². The van der Waals surface area contributed by atoms with Gasteiger partial charge < -0.3 is 10.5 Å². The Bertz CT molecular complexity index is 639. The van der Waals surface area contributed by atoms with Gasteiger partial charge in [0.25, 0.3) is 0 Å². The first kappa shape index (κ1) is 14.0. The standard InChI is InChI=1S/C15H15FN2O2/c1-9-13(15(19)20-2)8-11(14(17)18-9)7-10-3-5-12(16)6-4-10/h3-6,8H,7H2,1-2H3,(H2,17,18). The number of hydrogen-bond donors (Lipinski definition) is 1. The Hall–Kier alpha value is -2.43. The summed E-state index contributed by atoms with van der Waals surface area (Å²) in [5.74, 6) is -0.381. The Morgan fingerprint density at radius 1 is 1.35 bits per heavy atom. The van der Waals surface area contributed by atoms with Gasteiger partial charge in [0.2, 0.25) is 0 Å². The summed E-state index contributed by atoms with van der Waals surface area (Å²) >= 11 is 0. The summed E-state index contributed by atoms with van der Waals surface area (Å²) in [7, 11) is 1.32. The topological polar surface area (TPSA) is 65.2 Å². The molecule has 0 amide bonds. The van der Waals surface area contributed by atoms with E-state index in [4.69, 9.17) is 10.5 Å². The lowest BCUT2D eigenvalue weighted by molar-refractivity contribution is 0.0599. The summed E-state index contributed by atoms with van der Waals surface area (Å²) in [6.07, 6.45) is 0.476. The van der Waals surface area contributed by atoms with Crippen molar-refractivity contribution >= 4 is 11.8 Å². The number of halogens is 1. The largest absolute Gasteiger partial charge is 0.465 e. The van der Waals surface area contributed by atoms with Gasteiger partial charge in [-0.25, -0.2) is 14.2 Å². The zero-order chi connectivity index (χ0) is 14.7. The first-order valence-corrected chi connectivity index (χ1v) is 6.10. The maximum Gasteiger partial charge on any atom is 0.339 e. The molecule has 0 atom stereocenters. The molecule has 1 heterocycles. The molecule has 0 radical (unpaired) electrons. The molecule has 5 heteroatoms. The molecule has 20 heavy (non-hydrogen) atoms. The predicted molar refractivity (Wildman–Crippen MR) is 73.9 cm³/mol. The van der Waals surface area contributed by atoms with Crippen molar-refractivity contribution in [3.63, 3.8) is 0 Å². The van der Waals surface area contributed by atoms with E-state index in [0.717, 1.165) is 5.56 Å². The fourth-order valence-corrected chi connectivity index (χ4v) is 1.95. The van der Waals surface area contributed by atoms with E-state index in [1.165, 1.54) is 19.2 Å². The van der Waals surface area contributed by atoms with E-state index in [0.29, 0.717) is 29.1 Å². The molecule has 1 aromatic heterocycles. The zero-order valence-electron chi connectivity index (χ0n) is 11.3. The number of nitrogen functional groups attached to an aromatic ring is 1. The summed E-state index contributed by atoms with van der Waals surface area (Å²) in [5, 5.41) is 0. The second-order valence-corrected chi connectivity index (χ2v) is 4.46. The maximum atomic E-state index is 12.9. The molecular formula is C15H15FN2O2. The first-order valence-electron chi connectivity index (χ1n) is 6.10. The fourth-order valence-electron chi connectivity index (χ4n) is 1.95. The van der Waals surface area contributed by atoms with Crippen LogP contribution in [-0.2, 0) is 11.2 Å². The Kier molecular flexibility index (Phi) is 3.98. The molecule has 0 aliphatic rings. The summed E-state index contributed by atoms with van der Waals surface area (Å²) < 4.78 is 17.6. The minimum Gasteiger partial charge on any atom is -0.465 e. The molecule has 0 spiro atoms. The number of aromatic nitrogens is 1. The van der Waals surface area contributed by atoms with Crippen molar-refractivity contribution in [2.45, 2.75) is 13.3 Å². The minimum absolute atomic E-state index is 0.293. The van der Waals surface area contributed by atoms with Crippen molar-refractivity contribution in [3.05, 3.63) is 58.5 Å². The van der Waals surface area contributed by atoms with Crippen LogP contribution in [-0.4, -0.2) is 18.1 Å². The van der Waals surface area contributed by atoms with Crippen LogP contribution < -0.4 is 5.73 Å². The normalized spacial score (nSPS) is 10.3. The van der Waals surface area contributed by atoms with Crippen LogP contribution in [0.3, 0.4) is 0 Å². The molecule has 0 saturated heterocycles. The molecule has 2 aromatic rings. The molecule has 2 rings (SSSR count). The molecule has 0 saturated carbocycles. The molecule has 1 aromatic carbocycles. The molecular weight excluding hydrogens is 259 g/mol. The third kappa shape index (κ3) is 2.93. The van der Waals surface area contributed by atoms with Gasteiger partial charge in [0.05, 0.1) is 18.4 Å². The van der Waals surface area contributed by atoms with E-state index in [-0.39, 0.29) is 5.82 Å². The van der Waals surface area contributed by atoms with Gasteiger partial charge >= 0.3 is 5.97 Å². The number of pyridine rings is 1. The van der Waals surface area contributed by atoms with Gasteiger partial charge in [-0.2, -0.15) is 0 Å². The number of anilines is 1. The Labute approximate surface area is 116 Å². The molecule has 0 bridgehead atoms. The second-order valence-electron chi connectivity index (χ2n) is 4.46. The number of aryl methyl sites for hydroxylation is 1. The molecule has 4 nitrogen and oxygen atoms in total. The van der Waals surface area contributed by atoms with Crippen molar-refractivity contribution in [3.8, 4) is 0 Å². The number of benzene rings is 1. The van der Waals surface area contributed by atoms with Crippen LogP contribution in [0.5, 0.6) is 0 Å². The highest BCUT2D eigenvalue weighted by molar-refractivity contribution is 5.91. The third-order valence-electron chi connectivity index (χ3n) is 3.04. The zero-order valence-corrected chi connectivity index (χ0v) is 11.3. The van der Waals surface area contributed by atoms with Crippen LogP contribution in [0.1, 0.15) is 27.2 Å². The molecule has 0 unspecified atom stereocenters. The van der Waals surface area contributed by atoms with E-state index >= 15 is 0 Å². The molecule has 0 aliphatic carbocycles. The van der Waals surface area contributed by atoms with E-state index in [1.54, 1.807) is 25.1 Å². The predicted octanol–water partition coefficient (Wildman–Crippen LogP) is 2.49. The number of hydrogen-bond acceptors (Lipinski definition) is 4. The third-order valence-corrected chi connectivity index (χ3v) is 3.04. The van der Waals surface area contributed by atoms with Crippen molar-refractivity contribution in [1.82, 2.24) is 4.98 Å². The average Bonchev–Trinajstić information content (AvgIpc) is 2.43. The SMILES string of the molecule is COC(=O)c1cc(Cc2ccc(F)cc2)c(N)nc1C. The van der Waals surface area contributed by atoms with Crippen molar-refractivity contribution in [1.29, 1.82) is 0 Å². The number of methoxy groups -OCH3 is 1. The average molecular weight is 274 g/mol. The van der Waals surface area contributed by atoms with E-state index < -0.39 is 5.97 Å². The Morgan fingerprint density at radius 2 is 2.00 bits per heavy atom. The molecule has 0 aliphatic heterocycles. The lowest BCUT2D eigenvalue weighted by Crippen LogP contribution is -2.09. The number of carbonyl (C=O) groups is 1. The maximum absolute atomic E-state index is 12.9. The fraction of sp³-hybridized carbons (Fsp3) is 0.200. The van der Waals surface area contributed by atoms with Crippen LogP contribution in [0.2, 0.25) is 0 Å². The summed E-state index contributed by atoms with van der Waals surface area (Å²) in [6.45, 7) is 1.70. The van der Waals surface area contributed by atoms with Crippen LogP contribution in [0.25, 0.3) is 0 Å². The molecule has 104 valence electrons. The van der Waals surface area contributed by atoms with Crippen LogP contribution in [0.15, 0.2) is 30.3 Å². The van der Waals surface area contributed by atoms with Gasteiger partial charge in [-0.05, 0) is 36.2 Å². The number of nitrogens with zero attached hydrogens (tertiary/aromatic N) is 1. The summed E-state index contributed by atoms with van der Waals surface area (Å²) in [5.41, 5.74) is 8.38. The van der Waals surface area contributed by atoms with E-state index in [2.05, 4.69) is 4.98 Å². The van der Waals surface area contributed by atoms with Gasteiger partial charge in [0.15, 0.2) is 0 Å². The number of nitrogens with two attached hydrogens (primary N) is 1. The quantitative estimate of drug-likeness (QED) is 0.873. The summed E-state index contributed by atoms with van der Waals surface area (Å²) in [4.78, 5) is 15.8. The Morgan fingerprint density at radius 3 is 2.60 bits per heavy atom. The smallest absolute Gasteiger partial charge is 0.339 e. The minimum atomic E-state index is -0.449. The van der Waals surface area contributed by atoms with Crippen molar-refractivity contribution < 1.29 is 13.9 Å². The molecule has 2 N–H and O–H groups in total. The van der Waals surface area contributed by atoms with Gasteiger partial charge in [-0.15, -0.1) is 0 Å². The van der Waals surface area contributed by atoms with Gasteiger partial charge in [-0.1, -0.05) is 12.1 Å². The first-order chi connectivity index (χ1) is 9.51. The summed E-state index contributed by atoms with van der Waals surface area (Å²) in [6, 6.07) is 7.79. The van der Waals surface area contributed by atoms with Crippen LogP contribution >= 0.6 is 0 Å². The highest BCUT2D eigenvalue weighted by Gasteiger charge is 2.14.